The Morgan fingerprint density at radius 3 is 2.88 bits per heavy atom. The van der Waals surface area contributed by atoms with Crippen molar-refractivity contribution in [2.24, 2.45) is 4.99 Å². The predicted octanol–water partition coefficient (Wildman–Crippen LogP) is 3.05. The minimum Gasteiger partial charge on any atom is -0.469 e. The zero-order valence-corrected chi connectivity index (χ0v) is 14.9. The first-order valence-corrected chi connectivity index (χ1v) is 9.22. The van der Waals surface area contributed by atoms with Crippen LogP contribution in [0.5, 0.6) is 0 Å². The van der Waals surface area contributed by atoms with Gasteiger partial charge in [-0.15, -0.1) is 0 Å². The first-order chi connectivity index (χ1) is 12.3. The van der Waals surface area contributed by atoms with Crippen molar-refractivity contribution in [3.8, 4) is 0 Å². The molecular weight excluding hydrogens is 312 g/mol. The summed E-state index contributed by atoms with van der Waals surface area (Å²) in [7, 11) is 0. The molecule has 0 amide bonds. The summed E-state index contributed by atoms with van der Waals surface area (Å²) in [6.45, 7) is 5.89. The lowest BCUT2D eigenvalue weighted by Crippen LogP contribution is -2.45. The lowest BCUT2D eigenvalue weighted by molar-refractivity contribution is 0.506. The molecule has 1 fully saturated rings. The van der Waals surface area contributed by atoms with E-state index >= 15 is 0 Å². The molecule has 0 aliphatic carbocycles. The maximum atomic E-state index is 5.39. The van der Waals surface area contributed by atoms with Crippen LogP contribution in [0.15, 0.2) is 58.1 Å². The summed E-state index contributed by atoms with van der Waals surface area (Å²) in [6.07, 6.45) is 4.75. The van der Waals surface area contributed by atoms with Crippen molar-refractivity contribution in [2.75, 3.05) is 31.1 Å². The van der Waals surface area contributed by atoms with Crippen molar-refractivity contribution >= 4 is 11.6 Å². The van der Waals surface area contributed by atoms with Crippen LogP contribution in [0.1, 0.15) is 25.5 Å². The van der Waals surface area contributed by atoms with Crippen molar-refractivity contribution in [1.29, 1.82) is 0 Å². The molecule has 0 saturated carbocycles. The van der Waals surface area contributed by atoms with E-state index in [9.17, 15) is 0 Å². The second kappa shape index (κ2) is 9.16. The maximum Gasteiger partial charge on any atom is 0.191 e. The van der Waals surface area contributed by atoms with Gasteiger partial charge in [0.2, 0.25) is 0 Å². The summed E-state index contributed by atoms with van der Waals surface area (Å²) in [5.74, 6) is 1.91. The topological polar surface area (TPSA) is 52.8 Å². The van der Waals surface area contributed by atoms with Crippen molar-refractivity contribution in [3.63, 3.8) is 0 Å². The average Bonchev–Trinajstić information content (AvgIpc) is 3.32. The van der Waals surface area contributed by atoms with E-state index in [2.05, 4.69) is 57.8 Å². The maximum absolute atomic E-state index is 5.39. The van der Waals surface area contributed by atoms with Gasteiger partial charge >= 0.3 is 0 Å². The van der Waals surface area contributed by atoms with Crippen LogP contribution in [0.2, 0.25) is 0 Å². The van der Waals surface area contributed by atoms with Gasteiger partial charge in [-0.1, -0.05) is 25.1 Å². The van der Waals surface area contributed by atoms with Crippen LogP contribution in [0, 0.1) is 0 Å². The van der Waals surface area contributed by atoms with Crippen LogP contribution in [0.25, 0.3) is 0 Å². The molecule has 5 nitrogen and oxygen atoms in total. The third-order valence-electron chi connectivity index (χ3n) is 4.39. The predicted molar refractivity (Wildman–Crippen MR) is 103 cm³/mol. The fraction of sp³-hybridized carbons (Fsp3) is 0.450. The van der Waals surface area contributed by atoms with Gasteiger partial charge in [-0.3, -0.25) is 4.99 Å². The summed E-state index contributed by atoms with van der Waals surface area (Å²) >= 11 is 0. The number of guanidine groups is 1. The molecule has 2 heterocycles. The first kappa shape index (κ1) is 17.4. The van der Waals surface area contributed by atoms with E-state index in [0.717, 1.165) is 57.2 Å². The molecule has 3 rings (SSSR count). The Labute approximate surface area is 150 Å². The van der Waals surface area contributed by atoms with Crippen molar-refractivity contribution in [2.45, 2.75) is 32.2 Å². The lowest BCUT2D eigenvalue weighted by atomic mass is 10.2. The Balaban J connectivity index is 1.50. The number of benzene rings is 1. The smallest absolute Gasteiger partial charge is 0.191 e. The van der Waals surface area contributed by atoms with Crippen molar-refractivity contribution in [1.82, 2.24) is 10.6 Å². The molecule has 1 unspecified atom stereocenters. The van der Waals surface area contributed by atoms with Crippen LogP contribution in [-0.4, -0.2) is 38.2 Å². The number of hydrogen-bond acceptors (Lipinski definition) is 3. The molecule has 0 bridgehead atoms. The van der Waals surface area contributed by atoms with Gasteiger partial charge in [0, 0.05) is 44.3 Å². The zero-order valence-electron chi connectivity index (χ0n) is 14.9. The average molecular weight is 340 g/mol. The number of rotatable bonds is 7. The van der Waals surface area contributed by atoms with Gasteiger partial charge in [0.1, 0.15) is 5.76 Å². The molecule has 1 aliphatic rings. The summed E-state index contributed by atoms with van der Waals surface area (Å²) in [6, 6.07) is 15.0. The van der Waals surface area contributed by atoms with Crippen LogP contribution >= 0.6 is 0 Å². The Kier molecular flexibility index (Phi) is 6.37. The molecule has 1 atom stereocenters. The van der Waals surface area contributed by atoms with E-state index in [1.807, 2.05) is 12.1 Å². The standard InChI is InChI=1S/C20H28N4O/c1-2-12-21-20(22-13-10-19-9-6-15-25-19)23-17-11-14-24(16-17)18-7-4-3-5-8-18/h3-9,15,17H,2,10-14,16H2,1H3,(H2,21,22,23). The van der Waals surface area contributed by atoms with Gasteiger partial charge in [0.25, 0.3) is 0 Å². The molecule has 5 heteroatoms. The highest BCUT2D eigenvalue weighted by molar-refractivity contribution is 5.80. The summed E-state index contributed by atoms with van der Waals surface area (Å²) < 4.78 is 5.39. The number of furan rings is 1. The van der Waals surface area contributed by atoms with Crippen LogP contribution in [-0.2, 0) is 6.42 Å². The number of para-hydroxylation sites is 1. The molecule has 1 aromatic carbocycles. The quantitative estimate of drug-likeness (QED) is 0.601. The number of hydrogen-bond donors (Lipinski definition) is 2. The number of anilines is 1. The van der Waals surface area contributed by atoms with E-state index in [1.165, 1.54) is 5.69 Å². The largest absolute Gasteiger partial charge is 0.469 e. The van der Waals surface area contributed by atoms with Crippen LogP contribution < -0.4 is 15.5 Å². The number of nitrogens with zero attached hydrogens (tertiary/aromatic N) is 2. The van der Waals surface area contributed by atoms with E-state index in [0.29, 0.717) is 6.04 Å². The second-order valence-electron chi connectivity index (χ2n) is 6.40. The van der Waals surface area contributed by atoms with E-state index in [1.54, 1.807) is 6.26 Å². The van der Waals surface area contributed by atoms with E-state index in [4.69, 9.17) is 4.42 Å². The SMILES string of the molecule is CCCN=C(NCCc1ccco1)NC1CCN(c2ccccc2)C1. The third kappa shape index (κ3) is 5.28. The lowest BCUT2D eigenvalue weighted by Gasteiger charge is -2.20. The van der Waals surface area contributed by atoms with Crippen molar-refractivity contribution in [3.05, 3.63) is 54.5 Å². The second-order valence-corrected chi connectivity index (χ2v) is 6.40. The highest BCUT2D eigenvalue weighted by Gasteiger charge is 2.23. The van der Waals surface area contributed by atoms with E-state index < -0.39 is 0 Å². The van der Waals surface area contributed by atoms with Gasteiger partial charge in [0.15, 0.2) is 5.96 Å². The molecule has 0 radical (unpaired) electrons. The summed E-state index contributed by atoms with van der Waals surface area (Å²) in [5.41, 5.74) is 1.30. The van der Waals surface area contributed by atoms with Crippen LogP contribution in [0.3, 0.4) is 0 Å². The molecule has 2 N–H and O–H groups in total. The fourth-order valence-corrected chi connectivity index (χ4v) is 3.08. The number of aliphatic imine (C=N–C) groups is 1. The van der Waals surface area contributed by atoms with Crippen molar-refractivity contribution < 1.29 is 4.42 Å². The Morgan fingerprint density at radius 2 is 2.12 bits per heavy atom. The molecule has 1 saturated heterocycles. The zero-order chi connectivity index (χ0) is 17.3. The Bertz CT molecular complexity index is 639. The molecule has 1 aromatic heterocycles. The van der Waals surface area contributed by atoms with Crippen LogP contribution in [0.4, 0.5) is 5.69 Å². The van der Waals surface area contributed by atoms with E-state index in [-0.39, 0.29) is 0 Å². The minimum absolute atomic E-state index is 0.423. The highest BCUT2D eigenvalue weighted by Crippen LogP contribution is 2.19. The molecule has 25 heavy (non-hydrogen) atoms. The molecule has 2 aromatic rings. The molecule has 134 valence electrons. The molecular formula is C20H28N4O. The number of nitrogens with one attached hydrogen (secondary N) is 2. The monoisotopic (exact) mass is 340 g/mol. The molecule has 0 spiro atoms. The van der Waals surface area contributed by atoms with Gasteiger partial charge in [-0.25, -0.2) is 0 Å². The van der Waals surface area contributed by atoms with Gasteiger partial charge in [-0.05, 0) is 37.1 Å². The Hall–Kier alpha value is -2.43. The summed E-state index contributed by atoms with van der Waals surface area (Å²) in [4.78, 5) is 7.10. The minimum atomic E-state index is 0.423. The fourth-order valence-electron chi connectivity index (χ4n) is 3.08. The van der Waals surface area contributed by atoms with Gasteiger partial charge < -0.3 is 20.0 Å². The van der Waals surface area contributed by atoms with Gasteiger partial charge in [0.05, 0.1) is 6.26 Å². The summed E-state index contributed by atoms with van der Waals surface area (Å²) in [5, 5.41) is 7.03. The molecule has 1 aliphatic heterocycles. The highest BCUT2D eigenvalue weighted by atomic mass is 16.3. The first-order valence-electron chi connectivity index (χ1n) is 9.22. The van der Waals surface area contributed by atoms with Gasteiger partial charge in [-0.2, -0.15) is 0 Å². The normalized spacial score (nSPS) is 17.7. The Morgan fingerprint density at radius 1 is 1.24 bits per heavy atom. The third-order valence-corrected chi connectivity index (χ3v) is 4.39.